The van der Waals surface area contributed by atoms with Crippen molar-refractivity contribution in [2.24, 2.45) is 0 Å². The summed E-state index contributed by atoms with van der Waals surface area (Å²) in [6.45, 7) is 0. The molecule has 0 aliphatic rings. The molecule has 0 spiro atoms. The first-order chi connectivity index (χ1) is 10.7. The average Bonchev–Trinajstić information content (AvgIpc) is 2.96. The van der Waals surface area contributed by atoms with Crippen LogP contribution in [0.1, 0.15) is 16.7 Å². The van der Waals surface area contributed by atoms with Gasteiger partial charge in [-0.05, 0) is 24.3 Å². The maximum absolute atomic E-state index is 11.9. The molecule has 1 aromatic carbocycles. The number of aromatic nitrogens is 3. The van der Waals surface area contributed by atoms with Gasteiger partial charge in [-0.15, -0.1) is 0 Å². The van der Waals surface area contributed by atoms with Gasteiger partial charge in [0.05, 0.1) is 11.6 Å². The maximum atomic E-state index is 11.9. The summed E-state index contributed by atoms with van der Waals surface area (Å²) >= 11 is 0. The van der Waals surface area contributed by atoms with Crippen LogP contribution in [0, 0.1) is 34.0 Å². The Morgan fingerprint density at radius 2 is 1.68 bits per heavy atom. The van der Waals surface area contributed by atoms with Crippen molar-refractivity contribution in [3.8, 4) is 23.9 Å². The Kier molecular flexibility index (Phi) is 2.92. The number of nitrogens with one attached hydrogen (secondary N) is 1. The number of nitrogens with zero attached hydrogens (tertiary/aromatic N) is 5. The molecule has 0 radical (unpaired) electrons. The molecule has 102 valence electrons. The van der Waals surface area contributed by atoms with Crippen molar-refractivity contribution in [1.82, 2.24) is 14.5 Å². The van der Waals surface area contributed by atoms with Crippen molar-refractivity contribution in [1.29, 1.82) is 15.8 Å². The Morgan fingerprint density at radius 3 is 2.27 bits per heavy atom. The van der Waals surface area contributed by atoms with Gasteiger partial charge in [-0.25, -0.2) is 4.98 Å². The molecule has 22 heavy (non-hydrogen) atoms. The summed E-state index contributed by atoms with van der Waals surface area (Å²) in [6, 6.07) is 12.2. The summed E-state index contributed by atoms with van der Waals surface area (Å²) in [4.78, 5) is 18.6. The van der Waals surface area contributed by atoms with Crippen LogP contribution in [0.2, 0.25) is 0 Å². The number of pyridine rings is 1. The molecule has 0 fully saturated rings. The third-order valence-electron chi connectivity index (χ3n) is 3.21. The van der Waals surface area contributed by atoms with Crippen LogP contribution in [0.4, 0.5) is 0 Å². The smallest absolute Gasteiger partial charge is 0.268 e. The number of hydrogen-bond acceptors (Lipinski definition) is 5. The Labute approximate surface area is 123 Å². The molecule has 0 saturated carbocycles. The molecule has 3 rings (SSSR count). The minimum Gasteiger partial charge on any atom is -0.305 e. The van der Waals surface area contributed by atoms with Gasteiger partial charge in [0.25, 0.3) is 5.56 Å². The number of nitriles is 3. The fourth-order valence-electron chi connectivity index (χ4n) is 2.16. The van der Waals surface area contributed by atoms with Gasteiger partial charge in [-0.3, -0.25) is 9.36 Å². The molecular weight excluding hydrogens is 280 g/mol. The van der Waals surface area contributed by atoms with Crippen LogP contribution in [0.5, 0.6) is 0 Å². The predicted molar refractivity (Wildman–Crippen MR) is 75.8 cm³/mol. The highest BCUT2D eigenvalue weighted by atomic mass is 16.1. The van der Waals surface area contributed by atoms with E-state index in [2.05, 4.69) is 9.97 Å². The molecule has 3 aromatic rings. The zero-order chi connectivity index (χ0) is 15.7. The van der Waals surface area contributed by atoms with E-state index in [4.69, 9.17) is 10.5 Å². The summed E-state index contributed by atoms with van der Waals surface area (Å²) in [5.74, 6) is 0. The second kappa shape index (κ2) is 4.90. The van der Waals surface area contributed by atoms with Crippen molar-refractivity contribution < 1.29 is 0 Å². The molecule has 2 heterocycles. The number of H-pyrrole nitrogens is 1. The minimum absolute atomic E-state index is 0.0476. The fraction of sp³-hybridized carbons (Fsp3) is 0. The number of benzene rings is 1. The van der Waals surface area contributed by atoms with Gasteiger partial charge >= 0.3 is 0 Å². The summed E-state index contributed by atoms with van der Waals surface area (Å²) in [5, 5.41) is 27.0. The van der Waals surface area contributed by atoms with Crippen LogP contribution in [-0.4, -0.2) is 14.5 Å². The second-order valence-electron chi connectivity index (χ2n) is 4.40. The van der Waals surface area contributed by atoms with Crippen molar-refractivity contribution in [2.75, 3.05) is 0 Å². The highest BCUT2D eigenvalue weighted by molar-refractivity contribution is 5.81. The number of aromatic amines is 1. The number of fused-ring (bicyclic) bond motifs is 1. The van der Waals surface area contributed by atoms with Gasteiger partial charge in [0.1, 0.15) is 40.8 Å². The standard InChI is InChI=1S/C15H6N6O/c16-5-9-1-3-10(4-2-9)21-8-19-13-11(6-17)12(7-18)15(22)20-14(13)21/h1-4,8H,(H,20,22). The van der Waals surface area contributed by atoms with Crippen molar-refractivity contribution in [3.63, 3.8) is 0 Å². The quantitative estimate of drug-likeness (QED) is 0.723. The Hall–Kier alpha value is -3.89. The lowest BCUT2D eigenvalue weighted by Crippen LogP contribution is -2.13. The molecule has 0 unspecified atom stereocenters. The van der Waals surface area contributed by atoms with E-state index in [-0.39, 0.29) is 16.6 Å². The third kappa shape index (κ3) is 1.81. The van der Waals surface area contributed by atoms with E-state index in [0.29, 0.717) is 16.9 Å². The van der Waals surface area contributed by atoms with Crippen LogP contribution in [0.25, 0.3) is 16.9 Å². The zero-order valence-electron chi connectivity index (χ0n) is 11.0. The first-order valence-corrected chi connectivity index (χ1v) is 6.13. The lowest BCUT2D eigenvalue weighted by Gasteiger charge is -2.04. The molecule has 0 amide bonds. The molecular formula is C15H6N6O. The van der Waals surface area contributed by atoms with E-state index < -0.39 is 5.56 Å². The Balaban J connectivity index is 2.32. The van der Waals surface area contributed by atoms with Crippen LogP contribution in [0.15, 0.2) is 35.4 Å². The number of rotatable bonds is 1. The van der Waals surface area contributed by atoms with E-state index in [9.17, 15) is 10.1 Å². The molecule has 0 bridgehead atoms. The summed E-state index contributed by atoms with van der Waals surface area (Å²) in [5.41, 5.74) is 0.820. The van der Waals surface area contributed by atoms with Crippen LogP contribution < -0.4 is 5.56 Å². The highest BCUT2D eigenvalue weighted by Gasteiger charge is 2.16. The van der Waals surface area contributed by atoms with Gasteiger partial charge in [0.15, 0.2) is 0 Å². The molecule has 1 N–H and O–H groups in total. The Morgan fingerprint density at radius 1 is 1.00 bits per heavy atom. The predicted octanol–water partition coefficient (Wildman–Crippen LogP) is 1.33. The second-order valence-corrected chi connectivity index (χ2v) is 4.40. The molecule has 2 aromatic heterocycles. The van der Waals surface area contributed by atoms with Gasteiger partial charge in [0, 0.05) is 5.69 Å². The lowest BCUT2D eigenvalue weighted by atomic mass is 10.1. The first kappa shape index (κ1) is 13.1. The van der Waals surface area contributed by atoms with Crippen molar-refractivity contribution >= 4 is 11.2 Å². The van der Waals surface area contributed by atoms with Gasteiger partial charge in [-0.2, -0.15) is 15.8 Å². The molecule has 0 saturated heterocycles. The van der Waals surface area contributed by atoms with Crippen molar-refractivity contribution in [3.05, 3.63) is 57.6 Å². The first-order valence-electron chi connectivity index (χ1n) is 6.13. The number of imidazole rings is 1. The SMILES string of the molecule is N#Cc1ccc(-n2cnc3c(C#N)c(C#N)c(=O)[nH]c32)cc1. The van der Waals surface area contributed by atoms with Gasteiger partial charge < -0.3 is 4.98 Å². The molecule has 0 atom stereocenters. The van der Waals surface area contributed by atoms with Crippen LogP contribution in [-0.2, 0) is 0 Å². The maximum Gasteiger partial charge on any atom is 0.268 e. The monoisotopic (exact) mass is 286 g/mol. The topological polar surface area (TPSA) is 122 Å². The molecule has 7 nitrogen and oxygen atoms in total. The van der Waals surface area contributed by atoms with Crippen LogP contribution in [0.3, 0.4) is 0 Å². The van der Waals surface area contributed by atoms with E-state index in [1.807, 2.05) is 12.1 Å². The molecule has 7 heteroatoms. The fourth-order valence-corrected chi connectivity index (χ4v) is 2.16. The zero-order valence-corrected chi connectivity index (χ0v) is 11.0. The lowest BCUT2D eigenvalue weighted by molar-refractivity contribution is 1.06. The van der Waals surface area contributed by atoms with E-state index in [1.54, 1.807) is 34.9 Å². The average molecular weight is 286 g/mol. The third-order valence-corrected chi connectivity index (χ3v) is 3.21. The van der Waals surface area contributed by atoms with E-state index in [0.717, 1.165) is 0 Å². The van der Waals surface area contributed by atoms with Crippen LogP contribution >= 0.6 is 0 Å². The largest absolute Gasteiger partial charge is 0.305 e. The summed E-state index contributed by atoms with van der Waals surface area (Å²) < 4.78 is 1.58. The minimum atomic E-state index is -0.637. The Bertz CT molecular complexity index is 1070. The summed E-state index contributed by atoms with van der Waals surface area (Å²) in [6.07, 6.45) is 1.45. The summed E-state index contributed by atoms with van der Waals surface area (Å²) in [7, 11) is 0. The van der Waals surface area contributed by atoms with E-state index in [1.165, 1.54) is 6.33 Å². The van der Waals surface area contributed by atoms with Crippen molar-refractivity contribution in [2.45, 2.75) is 0 Å². The highest BCUT2D eigenvalue weighted by Crippen LogP contribution is 2.19. The normalized spacial score (nSPS) is 9.86. The van der Waals surface area contributed by atoms with Gasteiger partial charge in [0.2, 0.25) is 0 Å². The number of hydrogen-bond donors (Lipinski definition) is 1. The van der Waals surface area contributed by atoms with Gasteiger partial charge in [-0.1, -0.05) is 0 Å². The molecule has 0 aliphatic heterocycles. The van der Waals surface area contributed by atoms with E-state index >= 15 is 0 Å². The molecule has 0 aliphatic carbocycles.